The Morgan fingerprint density at radius 1 is 1.06 bits per heavy atom. The van der Waals surface area contributed by atoms with Crippen molar-refractivity contribution < 1.29 is 17.9 Å². The van der Waals surface area contributed by atoms with E-state index in [1.807, 2.05) is 24.3 Å². The first-order valence-electron chi connectivity index (χ1n) is 9.75. The van der Waals surface area contributed by atoms with Gasteiger partial charge < -0.3 is 9.64 Å². The molecule has 3 aromatic carbocycles. The number of methoxy groups -OCH3 is 1. The molecule has 160 valence electrons. The van der Waals surface area contributed by atoms with E-state index in [0.29, 0.717) is 23.5 Å². The maximum Gasteiger partial charge on any atom is 0.265 e. The molecular weight excluding hydrogens is 436 g/mol. The second-order valence-electron chi connectivity index (χ2n) is 7.17. The van der Waals surface area contributed by atoms with Crippen LogP contribution in [0, 0.1) is 0 Å². The van der Waals surface area contributed by atoms with E-state index in [0.717, 1.165) is 18.4 Å². The van der Waals surface area contributed by atoms with Gasteiger partial charge in [-0.3, -0.25) is 9.52 Å². The third-order valence-electron chi connectivity index (χ3n) is 5.14. The normalized spacial score (nSPS) is 13.4. The Morgan fingerprint density at radius 3 is 2.58 bits per heavy atom. The first-order chi connectivity index (χ1) is 14.9. The van der Waals surface area contributed by atoms with Crippen LogP contribution in [0.2, 0.25) is 5.02 Å². The maximum atomic E-state index is 13.1. The van der Waals surface area contributed by atoms with Gasteiger partial charge in [-0.15, -0.1) is 0 Å². The number of ether oxygens (including phenoxy) is 1. The van der Waals surface area contributed by atoms with E-state index >= 15 is 0 Å². The van der Waals surface area contributed by atoms with Gasteiger partial charge >= 0.3 is 0 Å². The summed E-state index contributed by atoms with van der Waals surface area (Å²) < 4.78 is 33.8. The van der Waals surface area contributed by atoms with Gasteiger partial charge in [-0.2, -0.15) is 0 Å². The molecule has 1 aliphatic heterocycles. The Hall–Kier alpha value is -3.03. The molecule has 3 aromatic rings. The number of hydrogen-bond donors (Lipinski definition) is 1. The fourth-order valence-electron chi connectivity index (χ4n) is 3.66. The zero-order valence-corrected chi connectivity index (χ0v) is 18.4. The summed E-state index contributed by atoms with van der Waals surface area (Å²) in [5.41, 5.74) is 2.65. The molecule has 0 unspecified atom stereocenters. The molecule has 0 saturated heterocycles. The van der Waals surface area contributed by atoms with E-state index in [1.54, 1.807) is 35.2 Å². The summed E-state index contributed by atoms with van der Waals surface area (Å²) in [6, 6.07) is 18.7. The van der Waals surface area contributed by atoms with E-state index in [2.05, 4.69) is 4.72 Å². The topological polar surface area (TPSA) is 75.7 Å². The number of amides is 1. The fourth-order valence-corrected chi connectivity index (χ4v) is 5.14. The van der Waals surface area contributed by atoms with Crippen molar-refractivity contribution in [3.05, 3.63) is 82.9 Å². The quantitative estimate of drug-likeness (QED) is 0.601. The van der Waals surface area contributed by atoms with E-state index < -0.39 is 10.0 Å². The van der Waals surface area contributed by atoms with Gasteiger partial charge in [-0.05, 0) is 60.9 Å². The Bertz CT molecular complexity index is 1230. The molecule has 1 heterocycles. The average Bonchev–Trinajstić information content (AvgIpc) is 2.78. The predicted molar refractivity (Wildman–Crippen MR) is 122 cm³/mol. The minimum absolute atomic E-state index is 0.0579. The number of aryl methyl sites for hydroxylation is 1. The van der Waals surface area contributed by atoms with Crippen molar-refractivity contribution in [2.45, 2.75) is 17.7 Å². The van der Waals surface area contributed by atoms with E-state index in [1.165, 1.54) is 19.2 Å². The minimum Gasteiger partial charge on any atom is -0.495 e. The zero-order valence-electron chi connectivity index (χ0n) is 16.8. The monoisotopic (exact) mass is 456 g/mol. The van der Waals surface area contributed by atoms with Crippen molar-refractivity contribution >= 4 is 38.9 Å². The highest BCUT2D eigenvalue weighted by Crippen LogP contribution is 2.33. The highest BCUT2D eigenvalue weighted by atomic mass is 35.5. The van der Waals surface area contributed by atoms with Crippen LogP contribution in [-0.2, 0) is 16.4 Å². The van der Waals surface area contributed by atoms with E-state index in [9.17, 15) is 13.2 Å². The number of fused-ring (bicyclic) bond motifs is 1. The van der Waals surface area contributed by atoms with Crippen LogP contribution in [-0.4, -0.2) is 28.0 Å². The summed E-state index contributed by atoms with van der Waals surface area (Å²) >= 11 is 6.00. The molecule has 8 heteroatoms. The highest BCUT2D eigenvalue weighted by molar-refractivity contribution is 7.92. The summed E-state index contributed by atoms with van der Waals surface area (Å²) in [6.45, 7) is 0.568. The average molecular weight is 457 g/mol. The number of halogens is 1. The van der Waals surface area contributed by atoms with Gasteiger partial charge in [0.25, 0.3) is 15.9 Å². The summed E-state index contributed by atoms with van der Waals surface area (Å²) in [5, 5.41) is 0.284. The van der Waals surface area contributed by atoms with Gasteiger partial charge in [0.1, 0.15) is 10.6 Å². The number of benzene rings is 3. The number of carbonyl (C=O) groups excluding carboxylic acids is 1. The molecule has 0 aromatic heterocycles. The Balaban J connectivity index is 1.68. The van der Waals surface area contributed by atoms with Crippen molar-refractivity contribution in [3.63, 3.8) is 0 Å². The lowest BCUT2D eigenvalue weighted by Gasteiger charge is -2.30. The zero-order chi connectivity index (χ0) is 22.0. The van der Waals surface area contributed by atoms with Crippen molar-refractivity contribution in [1.82, 2.24) is 0 Å². The van der Waals surface area contributed by atoms with Gasteiger partial charge in [0.2, 0.25) is 0 Å². The molecule has 0 saturated carbocycles. The van der Waals surface area contributed by atoms with Crippen molar-refractivity contribution in [1.29, 1.82) is 0 Å². The second kappa shape index (κ2) is 8.61. The number of hydrogen-bond acceptors (Lipinski definition) is 4. The number of rotatable bonds is 5. The molecule has 0 bridgehead atoms. The number of carbonyl (C=O) groups is 1. The highest BCUT2D eigenvalue weighted by Gasteiger charge is 2.25. The van der Waals surface area contributed by atoms with Gasteiger partial charge in [-0.25, -0.2) is 8.42 Å². The lowest BCUT2D eigenvalue weighted by Crippen LogP contribution is -2.35. The SMILES string of the molecule is COc1ccc(Cl)cc1S(=O)(=O)Nc1ccc2c(c1)N(C(=O)c1ccccc1)CCC2. The molecule has 31 heavy (non-hydrogen) atoms. The molecule has 4 rings (SSSR count). The number of anilines is 2. The molecule has 1 aliphatic rings. The Morgan fingerprint density at radius 2 is 1.84 bits per heavy atom. The van der Waals surface area contributed by atoms with Crippen LogP contribution in [0.3, 0.4) is 0 Å². The molecule has 0 atom stereocenters. The molecule has 0 fully saturated rings. The molecular formula is C23H21ClN2O4S. The minimum atomic E-state index is -3.96. The molecule has 1 amide bonds. The summed E-state index contributed by atoms with van der Waals surface area (Å²) in [5.74, 6) is 0.0776. The largest absolute Gasteiger partial charge is 0.495 e. The third kappa shape index (κ3) is 4.38. The van der Waals surface area contributed by atoms with E-state index in [4.69, 9.17) is 16.3 Å². The number of sulfonamides is 1. The molecule has 0 spiro atoms. The first-order valence-corrected chi connectivity index (χ1v) is 11.6. The van der Waals surface area contributed by atoms with Crippen LogP contribution >= 0.6 is 11.6 Å². The standard InChI is InChI=1S/C23H21ClN2O4S/c1-30-21-12-10-18(24)14-22(21)31(28,29)25-19-11-9-16-8-5-13-26(20(16)15-19)23(27)17-6-3-2-4-7-17/h2-4,6-7,9-12,14-15,25H,5,8,13H2,1H3. The van der Waals surface area contributed by atoms with Crippen molar-refractivity contribution in [2.24, 2.45) is 0 Å². The van der Waals surface area contributed by atoms with Crippen LogP contribution < -0.4 is 14.4 Å². The lowest BCUT2D eigenvalue weighted by atomic mass is 10.00. The van der Waals surface area contributed by atoms with Crippen LogP contribution in [0.5, 0.6) is 5.75 Å². The maximum absolute atomic E-state index is 13.1. The van der Waals surface area contributed by atoms with Crippen molar-refractivity contribution in [2.75, 3.05) is 23.3 Å². The van der Waals surface area contributed by atoms with Gasteiger partial charge in [-0.1, -0.05) is 35.9 Å². The predicted octanol–water partition coefficient (Wildman–Crippen LogP) is 4.74. The van der Waals surface area contributed by atoms with Crippen molar-refractivity contribution in [3.8, 4) is 5.75 Å². The Labute approximate surface area is 186 Å². The molecule has 0 radical (unpaired) electrons. The van der Waals surface area contributed by atoms with Crippen LogP contribution in [0.4, 0.5) is 11.4 Å². The fraction of sp³-hybridized carbons (Fsp3) is 0.174. The third-order valence-corrected chi connectivity index (χ3v) is 6.77. The Kier molecular flexibility index (Phi) is 5.89. The molecule has 1 N–H and O–H groups in total. The van der Waals surface area contributed by atoms with Gasteiger partial charge in [0.15, 0.2) is 0 Å². The lowest BCUT2D eigenvalue weighted by molar-refractivity contribution is 0.0985. The molecule has 6 nitrogen and oxygen atoms in total. The number of nitrogens with one attached hydrogen (secondary N) is 1. The van der Waals surface area contributed by atoms with Gasteiger partial charge in [0.05, 0.1) is 12.8 Å². The summed E-state index contributed by atoms with van der Waals surface area (Å²) in [4.78, 5) is 14.7. The summed E-state index contributed by atoms with van der Waals surface area (Å²) in [6.07, 6.45) is 1.67. The molecule has 0 aliphatic carbocycles. The van der Waals surface area contributed by atoms with E-state index in [-0.39, 0.29) is 21.6 Å². The number of nitrogens with zero attached hydrogens (tertiary/aromatic N) is 1. The summed E-state index contributed by atoms with van der Waals surface area (Å²) in [7, 11) is -2.56. The van der Waals surface area contributed by atoms with Crippen LogP contribution in [0.15, 0.2) is 71.6 Å². The first kappa shape index (κ1) is 21.2. The van der Waals surface area contributed by atoms with Gasteiger partial charge in [0, 0.05) is 22.8 Å². The smallest absolute Gasteiger partial charge is 0.265 e. The second-order valence-corrected chi connectivity index (χ2v) is 9.26. The van der Waals surface area contributed by atoms with Crippen LogP contribution in [0.1, 0.15) is 22.3 Å². The van der Waals surface area contributed by atoms with Crippen LogP contribution in [0.25, 0.3) is 0 Å².